The first-order valence-electron chi connectivity index (χ1n) is 4.60. The van der Waals surface area contributed by atoms with Gasteiger partial charge >= 0.3 is 0 Å². The Hall–Kier alpha value is -0.650. The molecule has 0 amide bonds. The number of hydrogen-bond donors (Lipinski definition) is 1. The molecule has 0 bridgehead atoms. The van der Waals surface area contributed by atoms with Crippen molar-refractivity contribution in [2.24, 2.45) is 10.7 Å². The summed E-state index contributed by atoms with van der Waals surface area (Å²) in [4.78, 5) is 6.58. The lowest BCUT2D eigenvalue weighted by atomic mass is 10.3. The Morgan fingerprint density at radius 2 is 2.54 bits per heavy atom. The number of aliphatic imine (C=N–C) groups is 1. The van der Waals surface area contributed by atoms with E-state index >= 15 is 0 Å². The van der Waals surface area contributed by atoms with Gasteiger partial charge < -0.3 is 20.1 Å². The van der Waals surface area contributed by atoms with E-state index in [1.54, 1.807) is 0 Å². The van der Waals surface area contributed by atoms with Crippen LogP contribution in [0.5, 0.6) is 0 Å². The van der Waals surface area contributed by atoms with E-state index in [0.29, 0.717) is 19.9 Å². The summed E-state index contributed by atoms with van der Waals surface area (Å²) < 4.78 is 10.5. The van der Waals surface area contributed by atoms with Gasteiger partial charge in [-0.05, 0) is 0 Å². The molecule has 0 spiro atoms. The second-order valence-corrected chi connectivity index (χ2v) is 3.16. The van der Waals surface area contributed by atoms with E-state index in [2.05, 4.69) is 9.89 Å². The molecule has 1 unspecified atom stereocenters. The molecule has 2 heterocycles. The molecule has 0 aromatic rings. The predicted octanol–water partition coefficient (Wildman–Crippen LogP) is -0.968. The van der Waals surface area contributed by atoms with Crippen LogP contribution >= 0.6 is 0 Å². The monoisotopic (exact) mass is 185 g/mol. The lowest BCUT2D eigenvalue weighted by molar-refractivity contribution is 0.0588. The van der Waals surface area contributed by atoms with E-state index in [4.69, 9.17) is 15.2 Å². The molecule has 74 valence electrons. The average molecular weight is 185 g/mol. The van der Waals surface area contributed by atoms with Gasteiger partial charge in [-0.15, -0.1) is 0 Å². The molecule has 2 rings (SSSR count). The van der Waals surface area contributed by atoms with Crippen LogP contribution < -0.4 is 5.73 Å². The summed E-state index contributed by atoms with van der Waals surface area (Å²) in [6.07, 6.45) is 0.0362. The molecular formula is C8H15N3O2. The van der Waals surface area contributed by atoms with Crippen LogP contribution in [0.3, 0.4) is 0 Å². The fourth-order valence-electron chi connectivity index (χ4n) is 1.67. The smallest absolute Gasteiger partial charge is 0.147 e. The van der Waals surface area contributed by atoms with Crippen molar-refractivity contribution in [2.45, 2.75) is 6.10 Å². The molecule has 2 aliphatic heterocycles. The number of rotatable bonds is 3. The third kappa shape index (κ3) is 1.82. The van der Waals surface area contributed by atoms with Gasteiger partial charge in [-0.1, -0.05) is 0 Å². The van der Waals surface area contributed by atoms with Crippen LogP contribution in [0.4, 0.5) is 0 Å². The first kappa shape index (κ1) is 8.93. The van der Waals surface area contributed by atoms with Gasteiger partial charge in [0, 0.05) is 19.6 Å². The number of hydrogen-bond acceptors (Lipinski definition) is 5. The van der Waals surface area contributed by atoms with Gasteiger partial charge in [-0.3, -0.25) is 4.99 Å². The van der Waals surface area contributed by atoms with Crippen molar-refractivity contribution < 1.29 is 9.47 Å². The van der Waals surface area contributed by atoms with Crippen LogP contribution in [0.15, 0.2) is 4.99 Å². The minimum atomic E-state index is 0.0362. The third-order valence-electron chi connectivity index (χ3n) is 2.28. The van der Waals surface area contributed by atoms with Crippen molar-refractivity contribution in [2.75, 3.05) is 39.6 Å². The third-order valence-corrected chi connectivity index (χ3v) is 2.28. The molecule has 2 N–H and O–H groups in total. The molecular weight excluding hydrogens is 170 g/mol. The van der Waals surface area contributed by atoms with Gasteiger partial charge in [0.15, 0.2) is 0 Å². The molecule has 1 fully saturated rings. The highest BCUT2D eigenvalue weighted by atomic mass is 16.7. The van der Waals surface area contributed by atoms with Crippen molar-refractivity contribution in [3.05, 3.63) is 0 Å². The fraction of sp³-hybridized carbons (Fsp3) is 0.875. The minimum Gasteiger partial charge on any atom is -0.355 e. The Labute approximate surface area is 77.5 Å². The van der Waals surface area contributed by atoms with Crippen molar-refractivity contribution in [3.8, 4) is 0 Å². The molecule has 0 saturated carbocycles. The molecule has 0 radical (unpaired) electrons. The van der Waals surface area contributed by atoms with Crippen molar-refractivity contribution in [3.63, 3.8) is 0 Å². The Balaban J connectivity index is 1.95. The Kier molecular flexibility index (Phi) is 2.77. The maximum absolute atomic E-state index is 5.50. The number of nitrogens with zero attached hydrogens (tertiary/aromatic N) is 2. The Morgan fingerprint density at radius 3 is 3.23 bits per heavy atom. The SMILES string of the molecule is NCCN1CCN=C1C1COCO1. The average Bonchev–Trinajstić information content (AvgIpc) is 2.71. The van der Waals surface area contributed by atoms with Crippen molar-refractivity contribution in [1.29, 1.82) is 0 Å². The zero-order chi connectivity index (χ0) is 9.10. The minimum absolute atomic E-state index is 0.0362. The van der Waals surface area contributed by atoms with E-state index in [1.807, 2.05) is 0 Å². The Bertz CT molecular complexity index is 202. The number of ether oxygens (including phenoxy) is 2. The van der Waals surface area contributed by atoms with E-state index in [1.165, 1.54) is 0 Å². The standard InChI is InChI=1S/C8H15N3O2/c9-1-3-11-4-2-10-8(11)7-5-12-6-13-7/h7H,1-6,9H2. The molecule has 1 atom stereocenters. The van der Waals surface area contributed by atoms with Crippen LogP contribution in [-0.4, -0.2) is 56.4 Å². The van der Waals surface area contributed by atoms with Gasteiger partial charge in [-0.2, -0.15) is 0 Å². The predicted molar refractivity (Wildman–Crippen MR) is 48.6 cm³/mol. The van der Waals surface area contributed by atoms with Crippen LogP contribution in [0.1, 0.15) is 0 Å². The molecule has 13 heavy (non-hydrogen) atoms. The second kappa shape index (κ2) is 4.04. The van der Waals surface area contributed by atoms with Crippen LogP contribution in [0.2, 0.25) is 0 Å². The summed E-state index contributed by atoms with van der Waals surface area (Å²) >= 11 is 0. The van der Waals surface area contributed by atoms with Crippen molar-refractivity contribution in [1.82, 2.24) is 4.90 Å². The molecule has 0 aromatic carbocycles. The molecule has 2 aliphatic rings. The van der Waals surface area contributed by atoms with E-state index < -0.39 is 0 Å². The first-order valence-corrected chi connectivity index (χ1v) is 4.60. The summed E-state index contributed by atoms with van der Waals surface area (Å²) in [5.41, 5.74) is 5.50. The highest BCUT2D eigenvalue weighted by Crippen LogP contribution is 2.12. The van der Waals surface area contributed by atoms with Gasteiger partial charge in [0.2, 0.25) is 0 Å². The van der Waals surface area contributed by atoms with E-state index in [0.717, 1.165) is 25.5 Å². The topological polar surface area (TPSA) is 60.1 Å². The van der Waals surface area contributed by atoms with E-state index in [-0.39, 0.29) is 6.10 Å². The fourth-order valence-corrected chi connectivity index (χ4v) is 1.67. The largest absolute Gasteiger partial charge is 0.355 e. The molecule has 0 aromatic heterocycles. The summed E-state index contributed by atoms with van der Waals surface area (Å²) in [5, 5.41) is 0. The van der Waals surface area contributed by atoms with Gasteiger partial charge in [0.25, 0.3) is 0 Å². The summed E-state index contributed by atoms with van der Waals surface area (Å²) in [6, 6.07) is 0. The molecule has 5 heteroatoms. The molecule has 0 aliphatic carbocycles. The van der Waals surface area contributed by atoms with Gasteiger partial charge in [0.05, 0.1) is 13.2 Å². The van der Waals surface area contributed by atoms with Crippen LogP contribution in [0.25, 0.3) is 0 Å². The van der Waals surface area contributed by atoms with Crippen LogP contribution in [-0.2, 0) is 9.47 Å². The lowest BCUT2D eigenvalue weighted by Gasteiger charge is -2.21. The maximum atomic E-state index is 5.50. The molecule has 1 saturated heterocycles. The Morgan fingerprint density at radius 1 is 1.62 bits per heavy atom. The van der Waals surface area contributed by atoms with Gasteiger partial charge in [-0.25, -0.2) is 0 Å². The summed E-state index contributed by atoms with van der Waals surface area (Å²) in [7, 11) is 0. The number of nitrogens with two attached hydrogens (primary N) is 1. The van der Waals surface area contributed by atoms with Gasteiger partial charge in [0.1, 0.15) is 18.7 Å². The molecule has 5 nitrogen and oxygen atoms in total. The quantitative estimate of drug-likeness (QED) is 0.614. The second-order valence-electron chi connectivity index (χ2n) is 3.16. The van der Waals surface area contributed by atoms with Crippen LogP contribution in [0, 0.1) is 0 Å². The summed E-state index contributed by atoms with van der Waals surface area (Å²) in [5.74, 6) is 1.02. The zero-order valence-electron chi connectivity index (χ0n) is 7.61. The zero-order valence-corrected chi connectivity index (χ0v) is 7.61. The van der Waals surface area contributed by atoms with Crippen molar-refractivity contribution >= 4 is 5.84 Å². The normalized spacial score (nSPS) is 28.2. The number of amidine groups is 1. The highest BCUT2D eigenvalue weighted by molar-refractivity contribution is 5.88. The lowest BCUT2D eigenvalue weighted by Crippen LogP contribution is -2.40. The summed E-state index contributed by atoms with van der Waals surface area (Å²) in [6.45, 7) is 4.35. The van der Waals surface area contributed by atoms with E-state index in [9.17, 15) is 0 Å². The first-order chi connectivity index (χ1) is 6.42. The highest BCUT2D eigenvalue weighted by Gasteiger charge is 2.28. The maximum Gasteiger partial charge on any atom is 0.147 e.